The molecule has 0 atom stereocenters. The highest BCUT2D eigenvalue weighted by molar-refractivity contribution is 7.94. The second kappa shape index (κ2) is 3.97. The second-order valence-electron chi connectivity index (χ2n) is 3.33. The average Bonchev–Trinajstić information content (AvgIpc) is 2.28. The van der Waals surface area contributed by atoms with Gasteiger partial charge in [0.1, 0.15) is 5.75 Å². The fourth-order valence-corrected chi connectivity index (χ4v) is 2.15. The maximum atomic E-state index is 9.86. The molecule has 4 nitrogen and oxygen atoms in total. The van der Waals surface area contributed by atoms with Crippen LogP contribution in [0.15, 0.2) is 28.0 Å². The maximum Gasteiger partial charge on any atom is 0.147 e. The number of anilines is 2. The first kappa shape index (κ1) is 11.3. The van der Waals surface area contributed by atoms with Gasteiger partial charge in [0, 0.05) is 33.4 Å². The highest BCUT2D eigenvalue weighted by atomic mass is 32.2. The standard InChI is InChI=1S/C10H10N2O2S2/c11-6-2-1-4-5(10(6)15)3-7(16-14)8(12)9(4)13/h1-3,13-15H,11-12H2. The van der Waals surface area contributed by atoms with Gasteiger partial charge in [0.25, 0.3) is 0 Å². The SMILES string of the molecule is Nc1ccc2c(O)c(N)c(SO)cc2c1S. The molecule has 2 aromatic rings. The summed E-state index contributed by atoms with van der Waals surface area (Å²) in [7, 11) is 0. The fraction of sp³-hybridized carbons (Fsp3) is 0. The Kier molecular flexibility index (Phi) is 2.79. The van der Waals surface area contributed by atoms with E-state index in [1.54, 1.807) is 18.2 Å². The number of nitrogens with two attached hydrogens (primary N) is 2. The number of nitrogen functional groups attached to an aromatic ring is 2. The van der Waals surface area contributed by atoms with Gasteiger partial charge in [0.05, 0.1) is 10.6 Å². The van der Waals surface area contributed by atoms with E-state index in [4.69, 9.17) is 16.0 Å². The lowest BCUT2D eigenvalue weighted by Crippen LogP contribution is -1.93. The molecule has 0 heterocycles. The van der Waals surface area contributed by atoms with E-state index in [-0.39, 0.29) is 11.4 Å². The summed E-state index contributed by atoms with van der Waals surface area (Å²) in [5, 5.41) is 11.1. The van der Waals surface area contributed by atoms with Gasteiger partial charge in [0.15, 0.2) is 0 Å². The van der Waals surface area contributed by atoms with Gasteiger partial charge in [0.2, 0.25) is 0 Å². The smallest absolute Gasteiger partial charge is 0.147 e. The summed E-state index contributed by atoms with van der Waals surface area (Å²) in [5.74, 6) is -0.0654. The Morgan fingerprint density at radius 2 is 1.88 bits per heavy atom. The van der Waals surface area contributed by atoms with Crippen molar-refractivity contribution >= 4 is 46.8 Å². The zero-order chi connectivity index (χ0) is 11.9. The van der Waals surface area contributed by atoms with Crippen LogP contribution in [0, 0.1) is 0 Å². The van der Waals surface area contributed by atoms with E-state index in [9.17, 15) is 5.11 Å². The number of hydrogen-bond donors (Lipinski definition) is 5. The first-order valence-corrected chi connectivity index (χ1v) is 5.62. The van der Waals surface area contributed by atoms with Gasteiger partial charge in [-0.2, -0.15) is 0 Å². The normalized spacial score (nSPS) is 10.9. The molecular formula is C10H10N2O2S2. The largest absolute Gasteiger partial charge is 0.505 e. The Hall–Kier alpha value is -1.24. The van der Waals surface area contributed by atoms with Gasteiger partial charge in [-0.05, 0) is 18.2 Å². The van der Waals surface area contributed by atoms with Gasteiger partial charge < -0.3 is 21.1 Å². The lowest BCUT2D eigenvalue weighted by atomic mass is 10.1. The van der Waals surface area contributed by atoms with Gasteiger partial charge in [-0.1, -0.05) is 0 Å². The van der Waals surface area contributed by atoms with E-state index in [1.165, 1.54) is 0 Å². The Bertz CT molecular complexity index is 572. The van der Waals surface area contributed by atoms with Crippen LogP contribution in [-0.4, -0.2) is 9.66 Å². The van der Waals surface area contributed by atoms with Crippen LogP contribution < -0.4 is 11.5 Å². The molecule has 84 valence electrons. The second-order valence-corrected chi connectivity index (χ2v) is 4.40. The number of phenols is 1. The highest BCUT2D eigenvalue weighted by Gasteiger charge is 2.12. The van der Waals surface area contributed by atoms with Gasteiger partial charge in [-0.3, -0.25) is 0 Å². The minimum Gasteiger partial charge on any atom is -0.505 e. The predicted octanol–water partition coefficient (Wildman–Crippen LogP) is 2.56. The van der Waals surface area contributed by atoms with Crippen LogP contribution in [0.1, 0.15) is 0 Å². The van der Waals surface area contributed by atoms with Crippen LogP contribution >= 0.6 is 24.7 Å². The molecule has 2 aromatic carbocycles. The van der Waals surface area contributed by atoms with Crippen molar-refractivity contribution in [3.8, 4) is 5.75 Å². The summed E-state index contributed by atoms with van der Waals surface area (Å²) >= 11 is 4.74. The summed E-state index contributed by atoms with van der Waals surface area (Å²) in [4.78, 5) is 0.939. The Morgan fingerprint density at radius 3 is 2.50 bits per heavy atom. The Morgan fingerprint density at radius 1 is 1.19 bits per heavy atom. The average molecular weight is 254 g/mol. The minimum atomic E-state index is -0.0654. The van der Waals surface area contributed by atoms with Gasteiger partial charge >= 0.3 is 0 Å². The van der Waals surface area contributed by atoms with E-state index >= 15 is 0 Å². The summed E-state index contributed by atoms with van der Waals surface area (Å²) in [6.45, 7) is 0. The van der Waals surface area contributed by atoms with Crippen molar-refractivity contribution in [3.05, 3.63) is 18.2 Å². The quantitative estimate of drug-likeness (QED) is 0.233. The van der Waals surface area contributed by atoms with Crippen molar-refractivity contribution < 1.29 is 9.66 Å². The van der Waals surface area contributed by atoms with Crippen molar-refractivity contribution in [1.29, 1.82) is 0 Å². The van der Waals surface area contributed by atoms with E-state index in [0.717, 1.165) is 0 Å². The number of hydrogen-bond acceptors (Lipinski definition) is 6. The van der Waals surface area contributed by atoms with Crippen molar-refractivity contribution in [3.63, 3.8) is 0 Å². The molecule has 0 amide bonds. The zero-order valence-electron chi connectivity index (χ0n) is 8.14. The van der Waals surface area contributed by atoms with Crippen LogP contribution in [0.4, 0.5) is 11.4 Å². The van der Waals surface area contributed by atoms with Gasteiger partial charge in [-0.15, -0.1) is 12.6 Å². The van der Waals surface area contributed by atoms with Crippen LogP contribution in [0.3, 0.4) is 0 Å². The summed E-state index contributed by atoms with van der Waals surface area (Å²) in [6.07, 6.45) is 0. The molecule has 16 heavy (non-hydrogen) atoms. The molecule has 0 bridgehead atoms. The Labute approximate surface area is 102 Å². The van der Waals surface area contributed by atoms with Gasteiger partial charge in [-0.25, -0.2) is 0 Å². The molecule has 0 saturated heterocycles. The monoisotopic (exact) mass is 254 g/mol. The topological polar surface area (TPSA) is 92.5 Å². The van der Waals surface area contributed by atoms with Crippen LogP contribution in [0.25, 0.3) is 10.8 Å². The lowest BCUT2D eigenvalue weighted by molar-refractivity contribution is 0.483. The van der Waals surface area contributed by atoms with Crippen molar-refractivity contribution in [2.45, 2.75) is 9.79 Å². The molecule has 0 unspecified atom stereocenters. The number of fused-ring (bicyclic) bond motifs is 1. The van der Waals surface area contributed by atoms with E-state index in [0.29, 0.717) is 38.3 Å². The number of aromatic hydroxyl groups is 1. The molecule has 0 spiro atoms. The first-order valence-electron chi connectivity index (χ1n) is 4.40. The number of phenolic OH excluding ortho intramolecular Hbond substituents is 1. The number of benzene rings is 2. The van der Waals surface area contributed by atoms with E-state index in [2.05, 4.69) is 12.6 Å². The zero-order valence-corrected chi connectivity index (χ0v) is 9.85. The molecule has 0 aliphatic heterocycles. The fourth-order valence-electron chi connectivity index (χ4n) is 1.52. The van der Waals surface area contributed by atoms with Crippen molar-refractivity contribution in [2.75, 3.05) is 11.5 Å². The van der Waals surface area contributed by atoms with Crippen molar-refractivity contribution in [1.82, 2.24) is 0 Å². The van der Waals surface area contributed by atoms with Crippen molar-refractivity contribution in [2.24, 2.45) is 0 Å². The molecule has 6 heteroatoms. The van der Waals surface area contributed by atoms with E-state index in [1.807, 2.05) is 0 Å². The molecule has 0 saturated carbocycles. The molecular weight excluding hydrogens is 244 g/mol. The predicted molar refractivity (Wildman–Crippen MR) is 70.2 cm³/mol. The summed E-state index contributed by atoms with van der Waals surface area (Å²) in [5.41, 5.74) is 12.0. The third-order valence-corrected chi connectivity index (χ3v) is 3.43. The van der Waals surface area contributed by atoms with Crippen LogP contribution in [-0.2, 0) is 0 Å². The first-order chi connectivity index (χ1) is 7.56. The third kappa shape index (κ3) is 1.55. The third-order valence-electron chi connectivity index (χ3n) is 2.40. The van der Waals surface area contributed by atoms with E-state index < -0.39 is 0 Å². The molecule has 0 aliphatic rings. The molecule has 2 rings (SSSR count). The summed E-state index contributed by atoms with van der Waals surface area (Å²) in [6, 6.07) is 4.96. The molecule has 0 radical (unpaired) electrons. The number of rotatable bonds is 1. The maximum absolute atomic E-state index is 9.86. The summed E-state index contributed by atoms with van der Waals surface area (Å²) < 4.78 is 9.03. The highest BCUT2D eigenvalue weighted by Crippen LogP contribution is 2.41. The lowest BCUT2D eigenvalue weighted by Gasteiger charge is -2.11. The molecule has 0 fully saturated rings. The number of thiol groups is 1. The Balaban J connectivity index is 2.93. The molecule has 0 aliphatic carbocycles. The van der Waals surface area contributed by atoms with Crippen LogP contribution in [0.2, 0.25) is 0 Å². The molecule has 0 aromatic heterocycles. The molecule has 6 N–H and O–H groups in total. The van der Waals surface area contributed by atoms with Crippen LogP contribution in [0.5, 0.6) is 5.75 Å². The minimum absolute atomic E-state index is 0.0654.